The van der Waals surface area contributed by atoms with Gasteiger partial charge in [-0.1, -0.05) is 31.2 Å². The Kier molecular flexibility index (Phi) is 4.39. The Bertz CT molecular complexity index is 633. The van der Waals surface area contributed by atoms with Crippen LogP contribution in [0.1, 0.15) is 29.8 Å². The molecular weight excluding hydrogens is 278 g/mol. The summed E-state index contributed by atoms with van der Waals surface area (Å²) in [7, 11) is -3.47. The third kappa shape index (κ3) is 3.23. The molecule has 1 unspecified atom stereocenters. The first-order valence-corrected chi connectivity index (χ1v) is 8.52. The van der Waals surface area contributed by atoms with Gasteiger partial charge in [0.05, 0.1) is 10.9 Å². The van der Waals surface area contributed by atoms with Crippen molar-refractivity contribution in [2.45, 2.75) is 31.2 Å². The van der Waals surface area contributed by atoms with Crippen molar-refractivity contribution in [1.82, 2.24) is 4.72 Å². The topological polar surface area (TPSA) is 46.2 Å². The van der Waals surface area contributed by atoms with Gasteiger partial charge < -0.3 is 0 Å². The fraction of sp³-hybridized carbons (Fsp3) is 0.286. The van der Waals surface area contributed by atoms with Crippen LogP contribution in [0.3, 0.4) is 0 Å². The number of thiophene rings is 1. The second-order valence-electron chi connectivity index (χ2n) is 4.36. The molecule has 1 aromatic carbocycles. The summed E-state index contributed by atoms with van der Waals surface area (Å²) in [6.45, 7) is 3.78. The second kappa shape index (κ2) is 5.86. The van der Waals surface area contributed by atoms with Gasteiger partial charge in [0.25, 0.3) is 0 Å². The van der Waals surface area contributed by atoms with Gasteiger partial charge in [0, 0.05) is 4.88 Å². The van der Waals surface area contributed by atoms with Crippen LogP contribution in [0.2, 0.25) is 0 Å². The van der Waals surface area contributed by atoms with Crippen molar-refractivity contribution in [3.63, 3.8) is 0 Å². The molecule has 3 nitrogen and oxygen atoms in total. The van der Waals surface area contributed by atoms with Crippen LogP contribution in [0.5, 0.6) is 0 Å². The minimum Gasteiger partial charge on any atom is -0.207 e. The van der Waals surface area contributed by atoms with E-state index in [1.807, 2.05) is 30.5 Å². The molecule has 0 bridgehead atoms. The van der Waals surface area contributed by atoms with Crippen molar-refractivity contribution in [2.24, 2.45) is 0 Å². The van der Waals surface area contributed by atoms with Gasteiger partial charge in [-0.15, -0.1) is 11.3 Å². The summed E-state index contributed by atoms with van der Waals surface area (Å²) in [5.74, 6) is 0. The maximum atomic E-state index is 12.4. The summed E-state index contributed by atoms with van der Waals surface area (Å²) in [4.78, 5) is 1.39. The summed E-state index contributed by atoms with van der Waals surface area (Å²) in [6.07, 6.45) is 0.728. The molecule has 1 N–H and O–H groups in total. The fourth-order valence-electron chi connectivity index (χ4n) is 1.94. The molecule has 0 radical (unpaired) electrons. The highest BCUT2D eigenvalue weighted by molar-refractivity contribution is 7.89. The van der Waals surface area contributed by atoms with E-state index in [2.05, 4.69) is 4.72 Å². The van der Waals surface area contributed by atoms with Gasteiger partial charge >= 0.3 is 0 Å². The van der Waals surface area contributed by atoms with Gasteiger partial charge in [0.2, 0.25) is 10.0 Å². The van der Waals surface area contributed by atoms with Crippen LogP contribution in [0.4, 0.5) is 0 Å². The van der Waals surface area contributed by atoms with E-state index < -0.39 is 10.0 Å². The molecule has 0 amide bonds. The number of nitrogens with one attached hydrogen (secondary N) is 1. The lowest BCUT2D eigenvalue weighted by molar-refractivity contribution is 0.552. The smallest absolute Gasteiger partial charge is 0.207 e. The first kappa shape index (κ1) is 14.2. The average molecular weight is 295 g/mol. The molecule has 5 heteroatoms. The van der Waals surface area contributed by atoms with Crippen LogP contribution in [0, 0.1) is 6.92 Å². The molecule has 2 rings (SSSR count). The normalized spacial score (nSPS) is 13.4. The third-order valence-electron chi connectivity index (χ3n) is 2.98. The lowest BCUT2D eigenvalue weighted by Crippen LogP contribution is -2.28. The molecule has 19 heavy (non-hydrogen) atoms. The van der Waals surface area contributed by atoms with Crippen LogP contribution in [-0.4, -0.2) is 8.42 Å². The molecular formula is C14H17NO2S2. The first-order chi connectivity index (χ1) is 9.04. The lowest BCUT2D eigenvalue weighted by atomic mass is 10.2. The van der Waals surface area contributed by atoms with Gasteiger partial charge in [-0.25, -0.2) is 13.1 Å². The van der Waals surface area contributed by atoms with Crippen LogP contribution >= 0.6 is 11.3 Å². The monoisotopic (exact) mass is 295 g/mol. The molecule has 0 fully saturated rings. The van der Waals surface area contributed by atoms with E-state index in [-0.39, 0.29) is 6.04 Å². The molecule has 1 aromatic heterocycles. The van der Waals surface area contributed by atoms with Gasteiger partial charge in [0.15, 0.2) is 0 Å². The van der Waals surface area contributed by atoms with Crippen molar-refractivity contribution in [3.05, 3.63) is 52.2 Å². The summed E-state index contributed by atoms with van der Waals surface area (Å²) in [5, 5.41) is 1.96. The van der Waals surface area contributed by atoms with Crippen molar-refractivity contribution < 1.29 is 8.42 Å². The van der Waals surface area contributed by atoms with Gasteiger partial charge in [-0.3, -0.25) is 0 Å². The van der Waals surface area contributed by atoms with E-state index in [1.165, 1.54) is 0 Å². The average Bonchev–Trinajstić information content (AvgIpc) is 2.90. The number of rotatable bonds is 5. The molecule has 0 saturated heterocycles. The molecule has 1 atom stereocenters. The number of hydrogen-bond acceptors (Lipinski definition) is 3. The highest BCUT2D eigenvalue weighted by Gasteiger charge is 2.21. The number of benzene rings is 1. The van der Waals surface area contributed by atoms with E-state index >= 15 is 0 Å². The number of hydrogen-bond donors (Lipinski definition) is 1. The summed E-state index contributed by atoms with van der Waals surface area (Å²) in [5.41, 5.74) is 0.760. The largest absolute Gasteiger partial charge is 0.241 e. The molecule has 0 aliphatic heterocycles. The zero-order valence-electron chi connectivity index (χ0n) is 11.0. The van der Waals surface area contributed by atoms with Crippen LogP contribution < -0.4 is 4.72 Å². The Balaban J connectivity index is 2.29. The number of sulfonamides is 1. The molecule has 0 aliphatic carbocycles. The van der Waals surface area contributed by atoms with E-state index in [0.29, 0.717) is 4.90 Å². The summed E-state index contributed by atoms with van der Waals surface area (Å²) < 4.78 is 27.6. The zero-order valence-corrected chi connectivity index (χ0v) is 12.6. The SMILES string of the molecule is CCC(NS(=O)(=O)c1ccccc1C)c1cccs1. The molecule has 1 heterocycles. The first-order valence-electron chi connectivity index (χ1n) is 6.16. The van der Waals surface area contributed by atoms with Crippen molar-refractivity contribution in [1.29, 1.82) is 0 Å². The summed E-state index contributed by atoms with van der Waals surface area (Å²) in [6, 6.07) is 10.8. The molecule has 0 spiro atoms. The zero-order chi connectivity index (χ0) is 13.9. The quantitative estimate of drug-likeness (QED) is 0.918. The molecule has 102 valence electrons. The van der Waals surface area contributed by atoms with Crippen LogP contribution in [-0.2, 0) is 10.0 Å². The minimum atomic E-state index is -3.47. The predicted molar refractivity (Wildman–Crippen MR) is 78.9 cm³/mol. The van der Waals surface area contributed by atoms with Crippen LogP contribution in [0.15, 0.2) is 46.7 Å². The van der Waals surface area contributed by atoms with Crippen molar-refractivity contribution in [2.75, 3.05) is 0 Å². The summed E-state index contributed by atoms with van der Waals surface area (Å²) >= 11 is 1.57. The van der Waals surface area contributed by atoms with E-state index in [0.717, 1.165) is 16.9 Å². The second-order valence-corrected chi connectivity index (χ2v) is 7.02. The predicted octanol–water partition coefficient (Wildman–Crippen LogP) is 3.49. The Morgan fingerprint density at radius 2 is 1.95 bits per heavy atom. The van der Waals surface area contributed by atoms with E-state index in [9.17, 15) is 8.42 Å². The highest BCUT2D eigenvalue weighted by atomic mass is 32.2. The van der Waals surface area contributed by atoms with Crippen molar-refractivity contribution in [3.8, 4) is 0 Å². The standard InChI is InChI=1S/C14H17NO2S2/c1-3-12(13-8-6-10-18-13)15-19(16,17)14-9-5-4-7-11(14)2/h4-10,12,15H,3H2,1-2H3. The Hall–Kier alpha value is -1.17. The molecule has 0 aliphatic rings. The minimum absolute atomic E-state index is 0.162. The molecule has 0 saturated carbocycles. The number of aryl methyl sites for hydroxylation is 1. The molecule has 2 aromatic rings. The highest BCUT2D eigenvalue weighted by Crippen LogP contribution is 2.24. The van der Waals surface area contributed by atoms with Crippen LogP contribution in [0.25, 0.3) is 0 Å². The van der Waals surface area contributed by atoms with Gasteiger partial charge in [-0.05, 0) is 36.4 Å². The Labute approximate surface area is 118 Å². The lowest BCUT2D eigenvalue weighted by Gasteiger charge is -2.16. The van der Waals surface area contributed by atoms with Gasteiger partial charge in [-0.2, -0.15) is 0 Å². The van der Waals surface area contributed by atoms with E-state index in [1.54, 1.807) is 36.5 Å². The Morgan fingerprint density at radius 3 is 2.53 bits per heavy atom. The maximum absolute atomic E-state index is 12.4. The fourth-order valence-corrected chi connectivity index (χ4v) is 4.42. The van der Waals surface area contributed by atoms with Crippen molar-refractivity contribution >= 4 is 21.4 Å². The van der Waals surface area contributed by atoms with Gasteiger partial charge in [0.1, 0.15) is 0 Å². The Morgan fingerprint density at radius 1 is 1.21 bits per heavy atom. The maximum Gasteiger partial charge on any atom is 0.241 e. The third-order valence-corrected chi connectivity index (χ3v) is 5.59. The van der Waals surface area contributed by atoms with E-state index in [4.69, 9.17) is 0 Å².